The van der Waals surface area contributed by atoms with E-state index in [1.807, 2.05) is 29.2 Å². The summed E-state index contributed by atoms with van der Waals surface area (Å²) in [6.07, 6.45) is 7.52. The van der Waals surface area contributed by atoms with Crippen LogP contribution in [-0.2, 0) is 20.1 Å². The third-order valence-electron chi connectivity index (χ3n) is 5.75. The molecule has 2 fully saturated rings. The van der Waals surface area contributed by atoms with Crippen LogP contribution in [0.5, 0.6) is 0 Å². The fourth-order valence-electron chi connectivity index (χ4n) is 4.28. The minimum absolute atomic E-state index is 0.0195. The van der Waals surface area contributed by atoms with Crippen molar-refractivity contribution in [2.45, 2.75) is 44.3 Å². The van der Waals surface area contributed by atoms with E-state index in [9.17, 15) is 9.59 Å². The molecular weight excluding hydrogens is 356 g/mol. The number of carbonyl (C=O) groups is 2. The van der Waals surface area contributed by atoms with Gasteiger partial charge in [-0.05, 0) is 56.7 Å². The molecule has 0 bridgehead atoms. The number of ether oxygens (including phenoxy) is 2. The Balaban J connectivity index is 1.68. The summed E-state index contributed by atoms with van der Waals surface area (Å²) in [5.41, 5.74) is 2.04. The van der Waals surface area contributed by atoms with Crippen LogP contribution >= 0.6 is 0 Å². The average molecular weight is 384 g/mol. The molecule has 0 unspecified atom stereocenters. The van der Waals surface area contributed by atoms with Crippen molar-refractivity contribution in [3.05, 3.63) is 42.0 Å². The summed E-state index contributed by atoms with van der Waals surface area (Å²) < 4.78 is 11.8. The largest absolute Gasteiger partial charge is 0.339 e. The minimum atomic E-state index is -1.40. The van der Waals surface area contributed by atoms with E-state index >= 15 is 0 Å². The van der Waals surface area contributed by atoms with E-state index in [-0.39, 0.29) is 11.8 Å². The van der Waals surface area contributed by atoms with Crippen LogP contribution < -0.4 is 4.90 Å². The molecular formula is C22H28N2O4. The Morgan fingerprint density at radius 3 is 2.61 bits per heavy atom. The average Bonchev–Trinajstić information content (AvgIpc) is 2.97. The molecule has 28 heavy (non-hydrogen) atoms. The Hall–Kier alpha value is -2.18. The summed E-state index contributed by atoms with van der Waals surface area (Å²) in [6.45, 7) is 6.85. The number of likely N-dealkylation sites (tertiary alicyclic amines) is 1. The predicted octanol–water partition coefficient (Wildman–Crippen LogP) is 3.22. The van der Waals surface area contributed by atoms with Crippen LogP contribution in [0.2, 0.25) is 0 Å². The van der Waals surface area contributed by atoms with Gasteiger partial charge in [0, 0.05) is 30.8 Å². The summed E-state index contributed by atoms with van der Waals surface area (Å²) in [6, 6.07) is 5.50. The highest BCUT2D eigenvalue weighted by Crippen LogP contribution is 2.45. The third kappa shape index (κ3) is 3.25. The highest BCUT2D eigenvalue weighted by Gasteiger charge is 2.54. The number of hydrogen-bond donors (Lipinski definition) is 0. The van der Waals surface area contributed by atoms with E-state index in [0.29, 0.717) is 30.9 Å². The van der Waals surface area contributed by atoms with Crippen LogP contribution in [-0.4, -0.2) is 49.6 Å². The summed E-state index contributed by atoms with van der Waals surface area (Å²) in [5, 5.41) is 0. The monoisotopic (exact) mass is 384 g/mol. The Labute approximate surface area is 166 Å². The first-order valence-electron chi connectivity index (χ1n) is 10.3. The molecule has 3 aliphatic rings. The van der Waals surface area contributed by atoms with E-state index in [1.54, 1.807) is 4.90 Å². The van der Waals surface area contributed by atoms with Gasteiger partial charge in [-0.15, -0.1) is 6.58 Å². The fourth-order valence-corrected chi connectivity index (χ4v) is 4.28. The van der Waals surface area contributed by atoms with Crippen LogP contribution in [0.15, 0.2) is 30.9 Å². The molecule has 2 saturated heterocycles. The van der Waals surface area contributed by atoms with Gasteiger partial charge >= 0.3 is 0 Å². The highest BCUT2D eigenvalue weighted by atomic mass is 16.7. The minimum Gasteiger partial charge on any atom is -0.339 e. The topological polar surface area (TPSA) is 59.1 Å². The molecule has 6 heteroatoms. The maximum Gasteiger partial charge on any atom is 0.292 e. The van der Waals surface area contributed by atoms with Crippen molar-refractivity contribution in [2.24, 2.45) is 0 Å². The number of unbranched alkanes of at least 4 members (excludes halogenated alkanes) is 1. The van der Waals surface area contributed by atoms with Crippen molar-refractivity contribution < 1.29 is 19.1 Å². The van der Waals surface area contributed by atoms with Gasteiger partial charge in [-0.25, -0.2) is 0 Å². The number of fused-ring (bicyclic) bond motifs is 2. The molecule has 0 aliphatic carbocycles. The van der Waals surface area contributed by atoms with E-state index < -0.39 is 5.79 Å². The van der Waals surface area contributed by atoms with Crippen LogP contribution in [0.4, 0.5) is 5.69 Å². The van der Waals surface area contributed by atoms with Crippen LogP contribution in [0.25, 0.3) is 0 Å². The van der Waals surface area contributed by atoms with Gasteiger partial charge in [-0.2, -0.15) is 0 Å². The quantitative estimate of drug-likeness (QED) is 0.578. The number of hydrogen-bond acceptors (Lipinski definition) is 4. The lowest BCUT2D eigenvalue weighted by molar-refractivity contribution is -0.256. The first-order chi connectivity index (χ1) is 13.7. The van der Waals surface area contributed by atoms with Gasteiger partial charge < -0.3 is 19.3 Å². The standard InChI is InChI=1S/C22H28N2O4/c1-2-3-5-13-24-19-10-9-17(20(25)23-11-6-4-7-12-23)16-18(19)22(21(24)26)27-14-8-15-28-22/h2,9-10,16H,1,3-8,11-15H2. The number of carbonyl (C=O) groups excluding carboxylic acids is 2. The highest BCUT2D eigenvalue weighted by molar-refractivity contribution is 6.07. The van der Waals surface area contributed by atoms with Gasteiger partial charge in [0.2, 0.25) is 0 Å². The number of amides is 2. The summed E-state index contributed by atoms with van der Waals surface area (Å²) in [4.78, 5) is 29.9. The third-order valence-corrected chi connectivity index (χ3v) is 5.75. The summed E-state index contributed by atoms with van der Waals surface area (Å²) in [7, 11) is 0. The van der Waals surface area contributed by atoms with Crippen molar-refractivity contribution in [3.8, 4) is 0 Å². The van der Waals surface area contributed by atoms with Crippen molar-refractivity contribution in [2.75, 3.05) is 37.7 Å². The lowest BCUT2D eigenvalue weighted by atomic mass is 10.0. The Kier molecular flexibility index (Phi) is 5.51. The second-order valence-corrected chi connectivity index (χ2v) is 7.64. The number of allylic oxidation sites excluding steroid dienone is 1. The molecule has 0 atom stereocenters. The number of nitrogens with zero attached hydrogens (tertiary/aromatic N) is 2. The zero-order valence-electron chi connectivity index (χ0n) is 16.3. The molecule has 0 radical (unpaired) electrons. The van der Waals surface area contributed by atoms with E-state index in [0.717, 1.165) is 50.9 Å². The van der Waals surface area contributed by atoms with Gasteiger partial charge in [-0.1, -0.05) is 6.08 Å². The molecule has 0 aromatic heterocycles. The van der Waals surface area contributed by atoms with Gasteiger partial charge in [0.05, 0.1) is 18.9 Å². The SMILES string of the molecule is C=CCCCN1C(=O)C2(OCCCO2)c2cc(C(=O)N3CCCCC3)ccc21. The molecule has 1 aromatic rings. The summed E-state index contributed by atoms with van der Waals surface area (Å²) in [5.74, 6) is -1.57. The van der Waals surface area contributed by atoms with Crippen LogP contribution in [0.3, 0.4) is 0 Å². The molecule has 1 spiro atoms. The van der Waals surface area contributed by atoms with Gasteiger partial charge in [-0.3, -0.25) is 9.59 Å². The van der Waals surface area contributed by atoms with E-state index in [1.165, 1.54) is 6.42 Å². The Bertz CT molecular complexity index is 764. The van der Waals surface area contributed by atoms with Crippen molar-refractivity contribution >= 4 is 17.5 Å². The predicted molar refractivity (Wildman–Crippen MR) is 106 cm³/mol. The maximum atomic E-state index is 13.3. The summed E-state index contributed by atoms with van der Waals surface area (Å²) >= 11 is 0. The second kappa shape index (κ2) is 8.05. The van der Waals surface area contributed by atoms with Crippen molar-refractivity contribution in [1.82, 2.24) is 4.90 Å². The second-order valence-electron chi connectivity index (χ2n) is 7.64. The van der Waals surface area contributed by atoms with Crippen molar-refractivity contribution in [3.63, 3.8) is 0 Å². The molecule has 150 valence electrons. The molecule has 1 aromatic carbocycles. The van der Waals surface area contributed by atoms with E-state index in [2.05, 4.69) is 6.58 Å². The van der Waals surface area contributed by atoms with Crippen LogP contribution in [0, 0.1) is 0 Å². The van der Waals surface area contributed by atoms with Crippen LogP contribution in [0.1, 0.15) is 54.4 Å². The number of benzene rings is 1. The first kappa shape index (κ1) is 19.2. The number of anilines is 1. The molecule has 3 heterocycles. The van der Waals surface area contributed by atoms with Crippen molar-refractivity contribution in [1.29, 1.82) is 0 Å². The molecule has 0 saturated carbocycles. The van der Waals surface area contributed by atoms with Gasteiger partial charge in [0.15, 0.2) is 0 Å². The van der Waals surface area contributed by atoms with Gasteiger partial charge in [0.1, 0.15) is 0 Å². The maximum absolute atomic E-state index is 13.3. The Morgan fingerprint density at radius 1 is 1.14 bits per heavy atom. The number of piperidine rings is 1. The zero-order valence-corrected chi connectivity index (χ0v) is 16.3. The lowest BCUT2D eigenvalue weighted by Crippen LogP contribution is -2.47. The molecule has 3 aliphatic heterocycles. The lowest BCUT2D eigenvalue weighted by Gasteiger charge is -2.32. The fraction of sp³-hybridized carbons (Fsp3) is 0.545. The van der Waals surface area contributed by atoms with Gasteiger partial charge in [0.25, 0.3) is 17.6 Å². The zero-order chi connectivity index (χ0) is 19.6. The normalized spacial score (nSPS) is 21.1. The van der Waals surface area contributed by atoms with E-state index in [4.69, 9.17) is 9.47 Å². The smallest absolute Gasteiger partial charge is 0.292 e. The molecule has 6 nitrogen and oxygen atoms in total. The molecule has 4 rings (SSSR count). The Morgan fingerprint density at radius 2 is 1.89 bits per heavy atom. The number of rotatable bonds is 5. The molecule has 2 amide bonds. The molecule has 0 N–H and O–H groups in total. The first-order valence-corrected chi connectivity index (χ1v) is 10.3.